The van der Waals surface area contributed by atoms with Gasteiger partial charge in [0.2, 0.25) is 0 Å². The maximum atomic E-state index is 5.43. The highest BCUT2D eigenvalue weighted by molar-refractivity contribution is 6.17. The Morgan fingerprint density at radius 1 is 0.317 bits per heavy atom. The van der Waals surface area contributed by atoms with E-state index in [9.17, 15) is 0 Å². The number of allylic oxidation sites excluding steroid dienone is 4. The molecule has 0 radical (unpaired) electrons. The fourth-order valence-corrected chi connectivity index (χ4v) is 9.83. The van der Waals surface area contributed by atoms with Crippen molar-refractivity contribution in [1.29, 1.82) is 0 Å². The predicted octanol–water partition coefficient (Wildman–Crippen LogP) is 15.5. The van der Waals surface area contributed by atoms with E-state index >= 15 is 0 Å². The Bertz CT molecular complexity index is 3230. The van der Waals surface area contributed by atoms with Gasteiger partial charge in [0.05, 0.1) is 16.8 Å². The number of hydrogen-bond acceptors (Lipinski definition) is 1. The monoisotopic (exact) mass is 801 g/mol. The summed E-state index contributed by atoms with van der Waals surface area (Å²) in [7, 11) is 0. The zero-order chi connectivity index (χ0) is 42.2. The van der Waals surface area contributed by atoms with Crippen LogP contribution in [0.3, 0.4) is 0 Å². The Morgan fingerprint density at radius 3 is 1.44 bits per heavy atom. The summed E-state index contributed by atoms with van der Waals surface area (Å²) in [5.74, 6) is 0. The second-order valence-corrected chi connectivity index (χ2v) is 16.3. The molecule has 0 saturated carbocycles. The van der Waals surface area contributed by atoms with E-state index in [0.29, 0.717) is 0 Å². The van der Waals surface area contributed by atoms with Crippen molar-refractivity contribution < 1.29 is 0 Å². The lowest BCUT2D eigenvalue weighted by atomic mass is 9.60. The highest BCUT2D eigenvalue weighted by Crippen LogP contribution is 2.56. The normalized spacial score (nSPS) is 15.4. The van der Waals surface area contributed by atoms with Crippen LogP contribution in [0.5, 0.6) is 0 Å². The minimum absolute atomic E-state index is 0.689. The molecule has 63 heavy (non-hydrogen) atoms. The molecule has 1 nitrogen and oxygen atoms in total. The highest BCUT2D eigenvalue weighted by atomic mass is 14.8. The summed E-state index contributed by atoms with van der Waals surface area (Å²) in [6.45, 7) is 4.66. The van der Waals surface area contributed by atoms with E-state index in [4.69, 9.17) is 4.99 Å². The quantitative estimate of drug-likeness (QED) is 0.152. The third-order valence-electron chi connectivity index (χ3n) is 12.7. The number of rotatable bonds is 7. The Labute approximate surface area is 370 Å². The fourth-order valence-electron chi connectivity index (χ4n) is 9.83. The third-order valence-corrected chi connectivity index (χ3v) is 12.7. The molecule has 1 unspecified atom stereocenters. The van der Waals surface area contributed by atoms with Crippen LogP contribution in [0, 0.1) is 0 Å². The summed E-state index contributed by atoms with van der Waals surface area (Å²) < 4.78 is 0. The van der Waals surface area contributed by atoms with E-state index in [1.807, 2.05) is 0 Å². The van der Waals surface area contributed by atoms with Crippen molar-refractivity contribution >= 4 is 17.0 Å². The van der Waals surface area contributed by atoms with Crippen molar-refractivity contribution in [3.63, 3.8) is 0 Å². The molecule has 1 atom stereocenters. The summed E-state index contributed by atoms with van der Waals surface area (Å²) in [6.07, 6.45) is 4.34. The van der Waals surface area contributed by atoms with E-state index in [1.54, 1.807) is 0 Å². The number of benzene rings is 9. The summed E-state index contributed by atoms with van der Waals surface area (Å²) in [5, 5.41) is 0. The first-order valence-corrected chi connectivity index (χ1v) is 21.6. The van der Waals surface area contributed by atoms with Crippen LogP contribution in [-0.2, 0) is 5.41 Å². The van der Waals surface area contributed by atoms with Gasteiger partial charge in [-0.1, -0.05) is 243 Å². The fraction of sp³-hybridized carbons (Fsp3) is 0.0161. The van der Waals surface area contributed by atoms with E-state index in [2.05, 4.69) is 255 Å². The topological polar surface area (TPSA) is 12.4 Å². The molecule has 1 aliphatic heterocycles. The van der Waals surface area contributed by atoms with Gasteiger partial charge in [-0.3, -0.25) is 0 Å². The lowest BCUT2D eigenvalue weighted by Gasteiger charge is -2.41. The van der Waals surface area contributed by atoms with Crippen LogP contribution in [0.1, 0.15) is 38.9 Å². The Morgan fingerprint density at radius 2 is 0.778 bits per heavy atom. The number of nitrogens with zero attached hydrogens (tertiary/aromatic N) is 1. The first-order chi connectivity index (χ1) is 31.2. The minimum atomic E-state index is -0.689. The molecule has 1 heteroatoms. The van der Waals surface area contributed by atoms with Gasteiger partial charge >= 0.3 is 0 Å². The van der Waals surface area contributed by atoms with Crippen LogP contribution >= 0.6 is 0 Å². The molecule has 2 aliphatic rings. The van der Waals surface area contributed by atoms with Crippen LogP contribution in [0.2, 0.25) is 0 Å². The summed E-state index contributed by atoms with van der Waals surface area (Å²) >= 11 is 0. The molecule has 2 bridgehead atoms. The molecule has 1 aliphatic carbocycles. The Kier molecular flexibility index (Phi) is 9.64. The first kappa shape index (κ1) is 37.8. The second-order valence-electron chi connectivity index (χ2n) is 16.3. The van der Waals surface area contributed by atoms with Crippen molar-refractivity contribution in [3.05, 3.63) is 300 Å². The molecular formula is C62H43N. The highest BCUT2D eigenvalue weighted by Gasteiger charge is 2.43. The van der Waals surface area contributed by atoms with Gasteiger partial charge in [-0.2, -0.15) is 0 Å². The van der Waals surface area contributed by atoms with E-state index in [-0.39, 0.29) is 0 Å². The van der Waals surface area contributed by atoms with E-state index in [0.717, 1.165) is 39.2 Å². The van der Waals surface area contributed by atoms with Gasteiger partial charge in [0.1, 0.15) is 0 Å². The van der Waals surface area contributed by atoms with E-state index < -0.39 is 5.41 Å². The lowest BCUT2D eigenvalue weighted by molar-refractivity contribution is 0.748. The molecular weight excluding hydrogens is 759 g/mol. The molecule has 296 valence electrons. The molecule has 0 N–H and O–H groups in total. The van der Waals surface area contributed by atoms with Crippen molar-refractivity contribution in [1.82, 2.24) is 0 Å². The van der Waals surface area contributed by atoms with Gasteiger partial charge in [0.15, 0.2) is 0 Å². The molecule has 1 heterocycles. The molecule has 0 aromatic heterocycles. The summed E-state index contributed by atoms with van der Waals surface area (Å²) in [6, 6.07) is 85.7. The maximum Gasteiger partial charge on any atom is 0.0715 e. The summed E-state index contributed by atoms with van der Waals surface area (Å²) in [4.78, 5) is 5.43. The van der Waals surface area contributed by atoms with Crippen LogP contribution in [0.15, 0.2) is 266 Å². The molecule has 11 rings (SSSR count). The molecule has 0 fully saturated rings. The van der Waals surface area contributed by atoms with E-state index in [1.165, 1.54) is 66.8 Å². The Balaban J connectivity index is 1.10. The molecule has 0 amide bonds. The zero-order valence-electron chi connectivity index (χ0n) is 34.8. The predicted molar refractivity (Wildman–Crippen MR) is 265 cm³/mol. The number of aliphatic imine (C=N–C) groups is 1. The molecule has 0 spiro atoms. The first-order valence-electron chi connectivity index (χ1n) is 21.6. The third kappa shape index (κ3) is 6.63. The van der Waals surface area contributed by atoms with Crippen LogP contribution in [0.4, 0.5) is 0 Å². The van der Waals surface area contributed by atoms with Crippen molar-refractivity contribution in [3.8, 4) is 44.5 Å². The second kappa shape index (κ2) is 16.0. The smallest absolute Gasteiger partial charge is 0.0715 e. The Hall–Kier alpha value is -8.13. The van der Waals surface area contributed by atoms with Crippen molar-refractivity contribution in [2.45, 2.75) is 5.41 Å². The van der Waals surface area contributed by atoms with Gasteiger partial charge < -0.3 is 0 Å². The lowest BCUT2D eigenvalue weighted by Crippen LogP contribution is -2.33. The molecule has 9 aromatic rings. The maximum absolute atomic E-state index is 5.43. The van der Waals surface area contributed by atoms with Crippen LogP contribution in [0.25, 0.3) is 55.8 Å². The van der Waals surface area contributed by atoms with Gasteiger partial charge in [-0.05, 0) is 95.6 Å². The van der Waals surface area contributed by atoms with Gasteiger partial charge in [0.25, 0.3) is 0 Å². The largest absolute Gasteiger partial charge is 0.248 e. The SMILES string of the molecule is C=C1C=C(c2ccc(C3(c4ccccc4)c4ccccc4-c4ccccc4-c4cccc3c4-c3ccccc3)cc2)N=C(c2ccccc2)C=C1c1ccc(-c2ccccc2)cc1. The number of hydrogen-bond donors (Lipinski definition) is 0. The van der Waals surface area contributed by atoms with Gasteiger partial charge in [0, 0.05) is 11.1 Å². The minimum Gasteiger partial charge on any atom is -0.248 e. The zero-order valence-corrected chi connectivity index (χ0v) is 34.8. The van der Waals surface area contributed by atoms with Crippen LogP contribution in [-0.4, -0.2) is 5.71 Å². The summed E-state index contributed by atoms with van der Waals surface area (Å²) in [5.41, 5.74) is 20.8. The van der Waals surface area contributed by atoms with Crippen molar-refractivity contribution in [2.75, 3.05) is 0 Å². The van der Waals surface area contributed by atoms with Gasteiger partial charge in [-0.15, -0.1) is 0 Å². The standard InChI is InChI=1S/C62H43N/c1-43-41-59(63-60(47-21-8-3-9-22-47)42-56(43)46-35-33-45(34-36-46)44-19-6-2-7-20-44)48-37-39-51(40-38-48)62(50-25-12-5-13-26-50)57-31-17-16-29-54(57)52-27-14-15-28-53(52)55-30-18-32-58(62)61(55)49-23-10-4-11-24-49/h2-42H,1H2. The molecule has 9 aromatic carbocycles. The van der Waals surface area contributed by atoms with Gasteiger partial charge in [-0.25, -0.2) is 4.99 Å². The van der Waals surface area contributed by atoms with Crippen LogP contribution < -0.4 is 0 Å². The average Bonchev–Trinajstić information content (AvgIpc) is 3.54. The molecule has 0 saturated heterocycles. The average molecular weight is 802 g/mol. The number of fused-ring (bicyclic) bond motifs is 6. The van der Waals surface area contributed by atoms with Crippen molar-refractivity contribution in [2.24, 2.45) is 4.99 Å².